The predicted octanol–water partition coefficient (Wildman–Crippen LogP) is 4.38. The Kier molecular flexibility index (Phi) is 5.64. The van der Waals surface area contributed by atoms with Crippen LogP contribution in [0.15, 0.2) is 12.1 Å². The van der Waals surface area contributed by atoms with Gasteiger partial charge in [-0.05, 0) is 18.9 Å². The Balaban J connectivity index is 2.19. The van der Waals surface area contributed by atoms with Crippen molar-refractivity contribution < 1.29 is 9.13 Å². The molecule has 110 valence electrons. The van der Waals surface area contributed by atoms with E-state index in [1.807, 2.05) is 4.57 Å². The summed E-state index contributed by atoms with van der Waals surface area (Å²) in [5.41, 5.74) is 1.39. The normalized spacial score (nSPS) is 11.4. The minimum Gasteiger partial charge on any atom is -0.381 e. The first kappa shape index (κ1) is 15.5. The molecule has 0 fully saturated rings. The Labute approximate surface area is 127 Å². The van der Waals surface area contributed by atoms with Gasteiger partial charge in [0.25, 0.3) is 0 Å². The van der Waals surface area contributed by atoms with Crippen molar-refractivity contribution in [2.75, 3.05) is 13.2 Å². The number of imidazole rings is 1. The zero-order valence-corrected chi connectivity index (χ0v) is 12.8. The summed E-state index contributed by atoms with van der Waals surface area (Å²) >= 11 is 11.7. The first-order valence-corrected chi connectivity index (χ1v) is 7.56. The number of fused-ring (bicyclic) bond motifs is 1. The van der Waals surface area contributed by atoms with Crippen LogP contribution in [-0.4, -0.2) is 22.8 Å². The predicted molar refractivity (Wildman–Crippen MR) is 80.0 cm³/mol. The van der Waals surface area contributed by atoms with Crippen LogP contribution in [0, 0.1) is 5.82 Å². The molecule has 1 aromatic carbocycles. The molecule has 0 N–H and O–H groups in total. The zero-order chi connectivity index (χ0) is 14.5. The number of hydrogen-bond acceptors (Lipinski definition) is 2. The Morgan fingerprint density at radius 2 is 2.15 bits per heavy atom. The number of rotatable bonds is 7. The van der Waals surface area contributed by atoms with Crippen molar-refractivity contribution in [3.05, 3.63) is 28.8 Å². The number of nitrogens with zero attached hydrogens (tertiary/aromatic N) is 2. The summed E-state index contributed by atoms with van der Waals surface area (Å²) in [6, 6.07) is 2.94. The molecule has 0 aliphatic rings. The van der Waals surface area contributed by atoms with E-state index in [1.165, 1.54) is 12.1 Å². The molecule has 0 radical (unpaired) electrons. The van der Waals surface area contributed by atoms with E-state index >= 15 is 0 Å². The van der Waals surface area contributed by atoms with Gasteiger partial charge in [-0.2, -0.15) is 0 Å². The highest BCUT2D eigenvalue weighted by Crippen LogP contribution is 2.24. The molecule has 1 aromatic heterocycles. The summed E-state index contributed by atoms with van der Waals surface area (Å²) < 4.78 is 21.0. The van der Waals surface area contributed by atoms with Gasteiger partial charge in [-0.25, -0.2) is 9.37 Å². The maximum atomic E-state index is 13.6. The first-order valence-electron chi connectivity index (χ1n) is 6.65. The summed E-state index contributed by atoms with van der Waals surface area (Å²) in [4.78, 5) is 4.39. The third kappa shape index (κ3) is 3.43. The van der Waals surface area contributed by atoms with Crippen LogP contribution in [0.3, 0.4) is 0 Å². The Hall–Kier alpha value is -0.840. The third-order valence-corrected chi connectivity index (χ3v) is 3.54. The van der Waals surface area contributed by atoms with Crippen molar-refractivity contribution in [3.63, 3.8) is 0 Å². The number of halogens is 3. The molecular formula is C14H17Cl2FN2O. The minimum absolute atomic E-state index is 0.0783. The molecule has 0 saturated carbocycles. The van der Waals surface area contributed by atoms with E-state index in [0.717, 1.165) is 30.8 Å². The van der Waals surface area contributed by atoms with Crippen molar-refractivity contribution in [2.24, 2.45) is 0 Å². The van der Waals surface area contributed by atoms with E-state index in [0.29, 0.717) is 18.7 Å². The monoisotopic (exact) mass is 318 g/mol. The van der Waals surface area contributed by atoms with Crippen LogP contribution in [0.5, 0.6) is 0 Å². The van der Waals surface area contributed by atoms with Gasteiger partial charge in [0, 0.05) is 25.8 Å². The van der Waals surface area contributed by atoms with Crippen molar-refractivity contribution in [1.29, 1.82) is 0 Å². The molecule has 0 aliphatic heterocycles. The largest absolute Gasteiger partial charge is 0.381 e. The van der Waals surface area contributed by atoms with Crippen LogP contribution in [0.1, 0.15) is 25.6 Å². The van der Waals surface area contributed by atoms with Crippen molar-refractivity contribution >= 4 is 34.2 Å². The topological polar surface area (TPSA) is 27.1 Å². The van der Waals surface area contributed by atoms with E-state index in [2.05, 4.69) is 11.9 Å². The second kappa shape index (κ2) is 7.25. The first-order chi connectivity index (χ1) is 9.67. The minimum atomic E-state index is -0.441. The fourth-order valence-corrected chi connectivity index (χ4v) is 2.45. The molecule has 2 aromatic rings. The molecule has 0 unspecified atom stereocenters. The SMILES string of the molecule is CCCOCCCn1c(CCl)nc2cc(Cl)c(F)cc21. The molecule has 3 nitrogen and oxygen atoms in total. The number of aromatic nitrogens is 2. The van der Waals surface area contributed by atoms with Gasteiger partial charge in [0.2, 0.25) is 0 Å². The molecule has 0 aliphatic carbocycles. The second-order valence-electron chi connectivity index (χ2n) is 4.53. The number of ether oxygens (including phenoxy) is 1. The van der Waals surface area contributed by atoms with E-state index in [9.17, 15) is 4.39 Å². The third-order valence-electron chi connectivity index (χ3n) is 3.01. The molecule has 0 saturated heterocycles. The highest BCUT2D eigenvalue weighted by atomic mass is 35.5. The summed E-state index contributed by atoms with van der Waals surface area (Å²) in [6.45, 7) is 4.20. The van der Waals surface area contributed by atoms with Crippen molar-refractivity contribution in [3.8, 4) is 0 Å². The lowest BCUT2D eigenvalue weighted by atomic mass is 10.3. The molecule has 0 atom stereocenters. The van der Waals surface area contributed by atoms with Gasteiger partial charge in [-0.3, -0.25) is 0 Å². The lowest BCUT2D eigenvalue weighted by molar-refractivity contribution is 0.129. The fourth-order valence-electron chi connectivity index (χ4n) is 2.09. The van der Waals surface area contributed by atoms with Gasteiger partial charge in [0.15, 0.2) is 0 Å². The lowest BCUT2D eigenvalue weighted by Gasteiger charge is -2.08. The molecule has 20 heavy (non-hydrogen) atoms. The quantitative estimate of drug-likeness (QED) is 0.559. The summed E-state index contributed by atoms with van der Waals surface area (Å²) in [5.74, 6) is 0.562. The number of hydrogen-bond donors (Lipinski definition) is 0. The van der Waals surface area contributed by atoms with Crippen LogP contribution in [0.4, 0.5) is 4.39 Å². The average molecular weight is 319 g/mol. The van der Waals surface area contributed by atoms with Gasteiger partial charge in [0.1, 0.15) is 11.6 Å². The number of alkyl halides is 1. The lowest BCUT2D eigenvalue weighted by Crippen LogP contribution is -2.06. The summed E-state index contributed by atoms with van der Waals surface area (Å²) in [5, 5.41) is 0.0783. The summed E-state index contributed by atoms with van der Waals surface area (Å²) in [6.07, 6.45) is 1.84. The fraction of sp³-hybridized carbons (Fsp3) is 0.500. The number of aryl methyl sites for hydroxylation is 1. The van der Waals surface area contributed by atoms with E-state index in [-0.39, 0.29) is 10.9 Å². The van der Waals surface area contributed by atoms with Gasteiger partial charge in [0.05, 0.1) is 21.9 Å². The van der Waals surface area contributed by atoms with Crippen LogP contribution in [0.2, 0.25) is 5.02 Å². The Morgan fingerprint density at radius 1 is 1.35 bits per heavy atom. The molecule has 0 spiro atoms. The average Bonchev–Trinajstić information content (AvgIpc) is 2.76. The molecular weight excluding hydrogens is 302 g/mol. The van der Waals surface area contributed by atoms with E-state index in [4.69, 9.17) is 27.9 Å². The number of benzene rings is 1. The molecule has 6 heteroatoms. The molecule has 0 amide bonds. The van der Waals surface area contributed by atoms with Gasteiger partial charge in [-0.1, -0.05) is 18.5 Å². The molecule has 2 rings (SSSR count). The van der Waals surface area contributed by atoms with Crippen LogP contribution in [-0.2, 0) is 17.2 Å². The molecule has 0 bridgehead atoms. The zero-order valence-electron chi connectivity index (χ0n) is 11.3. The summed E-state index contributed by atoms with van der Waals surface area (Å²) in [7, 11) is 0. The van der Waals surface area contributed by atoms with Gasteiger partial charge >= 0.3 is 0 Å². The standard InChI is InChI=1S/C14H17Cl2FN2O/c1-2-5-20-6-3-4-19-13-8-11(17)10(16)7-12(13)18-14(19)9-15/h7-8H,2-6,9H2,1H3. The molecule has 1 heterocycles. The van der Waals surface area contributed by atoms with Crippen LogP contribution in [0.25, 0.3) is 11.0 Å². The van der Waals surface area contributed by atoms with E-state index in [1.54, 1.807) is 0 Å². The highest BCUT2D eigenvalue weighted by Gasteiger charge is 2.12. The van der Waals surface area contributed by atoms with Crippen LogP contribution < -0.4 is 0 Å². The smallest absolute Gasteiger partial charge is 0.144 e. The Bertz CT molecular complexity index is 586. The maximum absolute atomic E-state index is 13.6. The van der Waals surface area contributed by atoms with E-state index < -0.39 is 5.82 Å². The maximum Gasteiger partial charge on any atom is 0.144 e. The van der Waals surface area contributed by atoms with Crippen molar-refractivity contribution in [1.82, 2.24) is 9.55 Å². The highest BCUT2D eigenvalue weighted by molar-refractivity contribution is 6.31. The van der Waals surface area contributed by atoms with Crippen LogP contribution >= 0.6 is 23.2 Å². The van der Waals surface area contributed by atoms with Crippen molar-refractivity contribution in [2.45, 2.75) is 32.2 Å². The van der Waals surface area contributed by atoms with Gasteiger partial charge < -0.3 is 9.30 Å². The van der Waals surface area contributed by atoms with Gasteiger partial charge in [-0.15, -0.1) is 11.6 Å². The second-order valence-corrected chi connectivity index (χ2v) is 5.21. The Morgan fingerprint density at radius 3 is 2.85 bits per heavy atom.